The van der Waals surface area contributed by atoms with E-state index >= 15 is 0 Å². The highest BCUT2D eigenvalue weighted by Gasteiger charge is 2.29. The minimum atomic E-state index is 0.786. The Morgan fingerprint density at radius 2 is 0.726 bits per heavy atom. The molecule has 0 saturated carbocycles. The van der Waals surface area contributed by atoms with Gasteiger partial charge in [-0.1, -0.05) is 146 Å². The molecule has 0 unspecified atom stereocenters. The molecule has 11 rings (SSSR count). The number of hydrogen-bond donors (Lipinski definition) is 2. The van der Waals surface area contributed by atoms with Crippen molar-refractivity contribution in [3.8, 4) is 44.5 Å². The quantitative estimate of drug-likeness (QED) is 0.176. The lowest BCUT2D eigenvalue weighted by Crippen LogP contribution is -2.22. The van der Waals surface area contributed by atoms with Crippen LogP contribution in [0.4, 0.5) is 0 Å². The van der Waals surface area contributed by atoms with Crippen molar-refractivity contribution in [3.05, 3.63) is 204 Å². The van der Waals surface area contributed by atoms with Gasteiger partial charge in [0.25, 0.3) is 0 Å². The van der Waals surface area contributed by atoms with Gasteiger partial charge in [0.15, 0.2) is 0 Å². The average Bonchev–Trinajstić information content (AvgIpc) is 4.16. The molecular weight excluding hydrogens is 757 g/mol. The average molecular weight is 801 g/mol. The van der Waals surface area contributed by atoms with Gasteiger partial charge >= 0.3 is 0 Å². The van der Waals surface area contributed by atoms with E-state index in [-0.39, 0.29) is 0 Å². The van der Waals surface area contributed by atoms with Gasteiger partial charge in [0.2, 0.25) is 0 Å². The molecule has 298 valence electrons. The van der Waals surface area contributed by atoms with Crippen LogP contribution >= 0.6 is 0 Å². The van der Waals surface area contributed by atoms with Gasteiger partial charge < -0.3 is 19.8 Å². The lowest BCUT2D eigenvalue weighted by atomic mass is 9.93. The number of aromatic nitrogens is 4. The number of aromatic amines is 2. The topological polar surface area (TPSA) is 63.8 Å². The van der Waals surface area contributed by atoms with Crippen LogP contribution in [0.15, 0.2) is 170 Å². The predicted molar refractivity (Wildman–Crippen MR) is 260 cm³/mol. The Bertz CT molecular complexity index is 3020. The smallest absolute Gasteiger partial charge is 0.0737 e. The van der Waals surface area contributed by atoms with Crippen LogP contribution < -0.4 is 0 Å². The van der Waals surface area contributed by atoms with E-state index in [1.54, 1.807) is 0 Å². The molecule has 4 aromatic carbocycles. The molecule has 4 aliphatic heterocycles. The van der Waals surface area contributed by atoms with E-state index in [4.69, 9.17) is 9.97 Å². The fourth-order valence-electron chi connectivity index (χ4n) is 9.25. The number of fused-ring (bicyclic) bond motifs is 8. The van der Waals surface area contributed by atoms with E-state index in [2.05, 4.69) is 228 Å². The third-order valence-electron chi connectivity index (χ3n) is 12.2. The molecule has 0 saturated heterocycles. The lowest BCUT2D eigenvalue weighted by Gasteiger charge is -2.28. The second-order valence-corrected chi connectivity index (χ2v) is 16.0. The summed E-state index contributed by atoms with van der Waals surface area (Å²) in [5.74, 6) is 0. The summed E-state index contributed by atoms with van der Waals surface area (Å²) < 4.78 is 0. The maximum Gasteiger partial charge on any atom is 0.0737 e. The highest BCUT2D eigenvalue weighted by molar-refractivity contribution is 6.08. The molecule has 6 heteroatoms. The summed E-state index contributed by atoms with van der Waals surface area (Å²) >= 11 is 0. The first-order chi connectivity index (χ1) is 30.6. The predicted octanol–water partition coefficient (Wildman–Crippen LogP) is 13.0. The molecule has 2 N–H and O–H groups in total. The number of nitrogens with one attached hydrogen (secondary N) is 2. The molecule has 0 radical (unpaired) electrons. The van der Waals surface area contributed by atoms with Crippen molar-refractivity contribution in [2.45, 2.75) is 0 Å². The van der Waals surface area contributed by atoms with E-state index in [0.717, 1.165) is 125 Å². The van der Waals surface area contributed by atoms with Crippen LogP contribution in [0.25, 0.3) is 102 Å². The Morgan fingerprint density at radius 3 is 1.08 bits per heavy atom. The third-order valence-corrected chi connectivity index (χ3v) is 12.2. The maximum atomic E-state index is 5.63. The van der Waals surface area contributed by atoms with Crippen LogP contribution in [0.2, 0.25) is 0 Å². The summed E-state index contributed by atoms with van der Waals surface area (Å²) in [6.45, 7) is 1.57. The summed E-state index contributed by atoms with van der Waals surface area (Å²) in [5.41, 5.74) is 20.4. The fourth-order valence-corrected chi connectivity index (χ4v) is 9.25. The number of allylic oxidation sites excluding steroid dienone is 4. The van der Waals surface area contributed by atoms with Crippen molar-refractivity contribution in [1.29, 1.82) is 0 Å². The second-order valence-electron chi connectivity index (χ2n) is 16.0. The van der Waals surface area contributed by atoms with Crippen LogP contribution in [0, 0.1) is 0 Å². The number of rotatable bonds is 6. The largest absolute Gasteiger partial charge is 0.370 e. The minimum absolute atomic E-state index is 0.786. The zero-order valence-electron chi connectivity index (χ0n) is 34.7. The highest BCUT2D eigenvalue weighted by Crippen LogP contribution is 2.46. The molecule has 7 aromatic rings. The van der Waals surface area contributed by atoms with E-state index in [1.807, 2.05) is 0 Å². The normalized spacial score (nSPS) is 14.4. The van der Waals surface area contributed by atoms with E-state index in [9.17, 15) is 0 Å². The van der Waals surface area contributed by atoms with Crippen LogP contribution in [0.1, 0.15) is 33.9 Å². The Kier molecular flexibility index (Phi) is 9.31. The number of likely N-dealkylation sites (N-methyl/N-ethyl adjacent to an activating group) is 2. The van der Waals surface area contributed by atoms with Crippen LogP contribution in [-0.4, -0.2) is 56.9 Å². The number of hydrogen-bond acceptors (Lipinski definition) is 4. The Labute approximate surface area is 361 Å². The Balaban J connectivity index is 1.43. The molecule has 0 fully saturated rings. The monoisotopic (exact) mass is 800 g/mol. The summed E-state index contributed by atoms with van der Waals surface area (Å²) in [6, 6.07) is 47.0. The number of benzene rings is 4. The molecule has 7 heterocycles. The van der Waals surface area contributed by atoms with Crippen LogP contribution in [0.5, 0.6) is 0 Å². The number of nitrogens with zero attached hydrogens (tertiary/aromatic N) is 4. The summed E-state index contributed by atoms with van der Waals surface area (Å²) in [7, 11) is 4.37. The standard InChI is InChI=1S/C56H44N6/c1-61-35-17-15-27-47(61)53-54(48-28-16-18-36-62(48)2)56-52(40-25-13-6-14-26-40)46-34-32-44(59-46)50(38-21-9-4-10-22-38)42-30-29-41(57-42)49(37-19-7-3-8-20-37)43-31-33-45(58-43)51(55(53)60-56)39-23-11-5-12-24-39/h3-34,57,60H,35-36H2,1-2H3. The van der Waals surface area contributed by atoms with Gasteiger partial charge in [-0.25, -0.2) is 9.97 Å². The molecular formula is C56H44N6. The van der Waals surface area contributed by atoms with Gasteiger partial charge in [-0.3, -0.25) is 0 Å². The van der Waals surface area contributed by atoms with Gasteiger partial charge in [0.1, 0.15) is 0 Å². The highest BCUT2D eigenvalue weighted by atomic mass is 15.1. The molecule has 62 heavy (non-hydrogen) atoms. The minimum Gasteiger partial charge on any atom is -0.370 e. The summed E-state index contributed by atoms with van der Waals surface area (Å²) in [5, 5.41) is 0. The van der Waals surface area contributed by atoms with Crippen molar-refractivity contribution < 1.29 is 0 Å². The van der Waals surface area contributed by atoms with E-state index < -0.39 is 0 Å². The number of H-pyrrole nitrogens is 2. The summed E-state index contributed by atoms with van der Waals surface area (Å²) in [6.07, 6.45) is 22.0. The van der Waals surface area contributed by atoms with Gasteiger partial charge in [-0.15, -0.1) is 0 Å². The molecule has 4 aliphatic rings. The van der Waals surface area contributed by atoms with Crippen LogP contribution in [-0.2, 0) is 0 Å². The molecule has 0 aliphatic carbocycles. The van der Waals surface area contributed by atoms with Crippen molar-refractivity contribution in [2.75, 3.05) is 27.2 Å². The maximum absolute atomic E-state index is 5.63. The van der Waals surface area contributed by atoms with E-state index in [0.29, 0.717) is 0 Å². The Hall–Kier alpha value is -7.96. The first kappa shape index (κ1) is 37.1. The SMILES string of the molecule is CN1CC=CC=C1c1c(C2=CC=CCN2C)c2[nH]c1c(-c1ccccc1)c1nc(c(-c3ccccc3)c3ccc([nH]3)c(-c3ccccc3)c3nc(c2-c2ccccc2)C=C3)C=C1. The first-order valence-corrected chi connectivity index (χ1v) is 21.2. The molecule has 0 spiro atoms. The first-order valence-electron chi connectivity index (χ1n) is 21.2. The fraction of sp³-hybridized carbons (Fsp3) is 0.0714. The van der Waals surface area contributed by atoms with Gasteiger partial charge in [-0.2, -0.15) is 0 Å². The van der Waals surface area contributed by atoms with Crippen molar-refractivity contribution in [3.63, 3.8) is 0 Å². The van der Waals surface area contributed by atoms with Gasteiger partial charge in [-0.05, 0) is 70.8 Å². The zero-order chi connectivity index (χ0) is 41.6. The van der Waals surface area contributed by atoms with Gasteiger partial charge in [0.05, 0.1) is 33.8 Å². The lowest BCUT2D eigenvalue weighted by molar-refractivity contribution is 0.525. The molecule has 0 atom stereocenters. The third kappa shape index (κ3) is 6.44. The molecule has 8 bridgehead atoms. The van der Waals surface area contributed by atoms with Gasteiger partial charge in [0, 0.05) is 83.0 Å². The second kappa shape index (κ2) is 15.6. The Morgan fingerprint density at radius 1 is 0.387 bits per heavy atom. The molecule has 6 nitrogen and oxygen atoms in total. The van der Waals surface area contributed by atoms with Crippen molar-refractivity contribution in [2.24, 2.45) is 0 Å². The summed E-state index contributed by atoms with van der Waals surface area (Å²) in [4.78, 5) is 24.0. The van der Waals surface area contributed by atoms with E-state index in [1.165, 1.54) is 0 Å². The van der Waals surface area contributed by atoms with Crippen LogP contribution in [0.3, 0.4) is 0 Å². The van der Waals surface area contributed by atoms with Crippen molar-refractivity contribution >= 4 is 57.8 Å². The molecule has 0 amide bonds. The molecule has 3 aromatic heterocycles. The zero-order valence-corrected chi connectivity index (χ0v) is 34.7. The van der Waals surface area contributed by atoms with Crippen molar-refractivity contribution in [1.82, 2.24) is 29.7 Å².